The van der Waals surface area contributed by atoms with Crippen molar-refractivity contribution in [2.24, 2.45) is 0 Å². The quantitative estimate of drug-likeness (QED) is 0.249. The summed E-state index contributed by atoms with van der Waals surface area (Å²) in [6.45, 7) is 9.68. The molecule has 1 aliphatic rings. The SMILES string of the molecule is CCCCCCCCCCCCN1CC(C)N(C(=O)c2ccc(CCl)cc2)CC1C. The van der Waals surface area contributed by atoms with Crippen molar-refractivity contribution in [1.82, 2.24) is 9.80 Å². The number of amides is 1. The van der Waals surface area contributed by atoms with E-state index in [-0.39, 0.29) is 11.9 Å². The first-order valence-electron chi connectivity index (χ1n) is 12.3. The fourth-order valence-electron chi connectivity index (χ4n) is 4.50. The van der Waals surface area contributed by atoms with E-state index in [4.69, 9.17) is 11.6 Å². The van der Waals surface area contributed by atoms with Crippen molar-refractivity contribution in [2.45, 2.75) is 103 Å². The number of hydrogen-bond acceptors (Lipinski definition) is 2. The Labute approximate surface area is 190 Å². The second-order valence-electron chi connectivity index (χ2n) is 9.16. The maximum absolute atomic E-state index is 13.0. The maximum Gasteiger partial charge on any atom is 0.254 e. The van der Waals surface area contributed by atoms with Gasteiger partial charge in [0.05, 0.1) is 0 Å². The van der Waals surface area contributed by atoms with Crippen molar-refractivity contribution in [3.63, 3.8) is 0 Å². The number of benzene rings is 1. The van der Waals surface area contributed by atoms with Crippen LogP contribution in [0.4, 0.5) is 0 Å². The van der Waals surface area contributed by atoms with Gasteiger partial charge in [0.15, 0.2) is 0 Å². The minimum absolute atomic E-state index is 0.147. The number of rotatable bonds is 13. The normalized spacial score (nSPS) is 19.9. The Morgan fingerprint density at radius 2 is 1.43 bits per heavy atom. The maximum atomic E-state index is 13.0. The van der Waals surface area contributed by atoms with Gasteiger partial charge in [0.2, 0.25) is 0 Å². The van der Waals surface area contributed by atoms with E-state index in [1.807, 2.05) is 24.3 Å². The molecule has 0 aliphatic carbocycles. The predicted molar refractivity (Wildman–Crippen MR) is 129 cm³/mol. The van der Waals surface area contributed by atoms with Gasteiger partial charge in [0.25, 0.3) is 5.91 Å². The van der Waals surface area contributed by atoms with Crippen LogP contribution in [0, 0.1) is 0 Å². The van der Waals surface area contributed by atoms with Crippen LogP contribution in [-0.4, -0.2) is 47.4 Å². The van der Waals surface area contributed by atoms with Gasteiger partial charge in [0.1, 0.15) is 0 Å². The lowest BCUT2D eigenvalue weighted by Crippen LogP contribution is -2.58. The monoisotopic (exact) mass is 434 g/mol. The van der Waals surface area contributed by atoms with E-state index in [1.165, 1.54) is 64.2 Å². The molecule has 0 N–H and O–H groups in total. The number of carbonyl (C=O) groups excluding carboxylic acids is 1. The fraction of sp³-hybridized carbons (Fsp3) is 0.731. The Bertz CT molecular complexity index is 604. The minimum atomic E-state index is 0.147. The number of hydrogen-bond donors (Lipinski definition) is 0. The molecule has 1 saturated heterocycles. The Balaban J connectivity index is 1.66. The smallest absolute Gasteiger partial charge is 0.254 e. The number of alkyl halides is 1. The molecule has 1 aromatic rings. The van der Waals surface area contributed by atoms with Gasteiger partial charge in [-0.25, -0.2) is 0 Å². The summed E-state index contributed by atoms with van der Waals surface area (Å²) < 4.78 is 0. The fourth-order valence-corrected chi connectivity index (χ4v) is 4.68. The molecule has 1 heterocycles. The first-order chi connectivity index (χ1) is 14.6. The summed E-state index contributed by atoms with van der Waals surface area (Å²) in [6, 6.07) is 8.41. The molecule has 0 spiro atoms. The summed E-state index contributed by atoms with van der Waals surface area (Å²) >= 11 is 5.87. The molecule has 30 heavy (non-hydrogen) atoms. The molecule has 4 heteroatoms. The van der Waals surface area contributed by atoms with E-state index in [2.05, 4.69) is 30.6 Å². The molecule has 0 saturated carbocycles. The summed E-state index contributed by atoms with van der Waals surface area (Å²) in [5.74, 6) is 0.633. The topological polar surface area (TPSA) is 23.6 Å². The highest BCUT2D eigenvalue weighted by Crippen LogP contribution is 2.20. The Kier molecular flexibility index (Phi) is 11.8. The summed E-state index contributed by atoms with van der Waals surface area (Å²) in [5.41, 5.74) is 1.82. The number of nitrogens with zero attached hydrogens (tertiary/aromatic N) is 2. The van der Waals surface area contributed by atoms with Crippen molar-refractivity contribution in [3.05, 3.63) is 35.4 Å². The van der Waals surface area contributed by atoms with Crippen LogP contribution in [0.5, 0.6) is 0 Å². The average molecular weight is 435 g/mol. The predicted octanol–water partition coefficient (Wildman–Crippen LogP) is 6.88. The van der Waals surface area contributed by atoms with Gasteiger partial charge < -0.3 is 4.90 Å². The number of piperazine rings is 1. The van der Waals surface area contributed by atoms with Crippen LogP contribution < -0.4 is 0 Å². The zero-order valence-electron chi connectivity index (χ0n) is 19.5. The van der Waals surface area contributed by atoms with E-state index < -0.39 is 0 Å². The van der Waals surface area contributed by atoms with Crippen LogP contribution in [-0.2, 0) is 5.88 Å². The van der Waals surface area contributed by atoms with E-state index in [1.54, 1.807) is 0 Å². The van der Waals surface area contributed by atoms with Gasteiger partial charge >= 0.3 is 0 Å². The van der Waals surface area contributed by atoms with Gasteiger partial charge in [-0.05, 0) is 44.5 Å². The van der Waals surface area contributed by atoms with E-state index in [0.29, 0.717) is 11.9 Å². The van der Waals surface area contributed by atoms with E-state index in [0.717, 1.165) is 30.8 Å². The molecule has 2 unspecified atom stereocenters. The molecule has 1 fully saturated rings. The van der Waals surface area contributed by atoms with Crippen molar-refractivity contribution in [2.75, 3.05) is 19.6 Å². The van der Waals surface area contributed by atoms with Gasteiger partial charge in [-0.3, -0.25) is 9.69 Å². The third-order valence-corrected chi connectivity index (χ3v) is 6.84. The Hall–Kier alpha value is -1.06. The van der Waals surface area contributed by atoms with E-state index in [9.17, 15) is 4.79 Å². The van der Waals surface area contributed by atoms with Crippen LogP contribution >= 0.6 is 11.6 Å². The second kappa shape index (κ2) is 14.1. The number of halogens is 1. The zero-order chi connectivity index (χ0) is 21.8. The molecular weight excluding hydrogens is 392 g/mol. The summed E-state index contributed by atoms with van der Waals surface area (Å²) in [7, 11) is 0. The highest BCUT2D eigenvalue weighted by atomic mass is 35.5. The van der Waals surface area contributed by atoms with E-state index >= 15 is 0 Å². The minimum Gasteiger partial charge on any atom is -0.333 e. The van der Waals surface area contributed by atoms with Crippen molar-refractivity contribution in [3.8, 4) is 0 Å². The van der Waals surface area contributed by atoms with Gasteiger partial charge in [0, 0.05) is 36.6 Å². The molecule has 0 aromatic heterocycles. The lowest BCUT2D eigenvalue weighted by molar-refractivity contribution is 0.0312. The molecule has 3 nitrogen and oxygen atoms in total. The molecule has 2 rings (SSSR count). The van der Waals surface area contributed by atoms with Crippen LogP contribution in [0.3, 0.4) is 0 Å². The van der Waals surface area contributed by atoms with Crippen molar-refractivity contribution >= 4 is 17.5 Å². The van der Waals surface area contributed by atoms with Crippen LogP contribution in [0.25, 0.3) is 0 Å². The second-order valence-corrected chi connectivity index (χ2v) is 9.43. The average Bonchev–Trinajstić information content (AvgIpc) is 2.76. The highest BCUT2D eigenvalue weighted by molar-refractivity contribution is 6.17. The zero-order valence-corrected chi connectivity index (χ0v) is 20.3. The van der Waals surface area contributed by atoms with Gasteiger partial charge in [-0.15, -0.1) is 11.6 Å². The molecule has 0 radical (unpaired) electrons. The van der Waals surface area contributed by atoms with Gasteiger partial charge in [-0.2, -0.15) is 0 Å². The largest absolute Gasteiger partial charge is 0.333 e. The Morgan fingerprint density at radius 3 is 2.00 bits per heavy atom. The van der Waals surface area contributed by atoms with Crippen LogP contribution in [0.15, 0.2) is 24.3 Å². The first kappa shape index (κ1) is 25.2. The lowest BCUT2D eigenvalue weighted by atomic mass is 10.0. The lowest BCUT2D eigenvalue weighted by Gasteiger charge is -2.44. The van der Waals surface area contributed by atoms with Crippen molar-refractivity contribution < 1.29 is 4.79 Å². The van der Waals surface area contributed by atoms with Crippen molar-refractivity contribution in [1.29, 1.82) is 0 Å². The molecule has 1 amide bonds. The highest BCUT2D eigenvalue weighted by Gasteiger charge is 2.31. The molecule has 1 aliphatic heterocycles. The summed E-state index contributed by atoms with van der Waals surface area (Å²) in [5, 5.41) is 0. The molecule has 1 aromatic carbocycles. The third kappa shape index (κ3) is 8.23. The first-order valence-corrected chi connectivity index (χ1v) is 12.8. The van der Waals surface area contributed by atoms with Crippen LogP contribution in [0.2, 0.25) is 0 Å². The standard InChI is InChI=1S/C26H43ClN2O/c1-4-5-6-7-8-9-10-11-12-13-18-28-20-23(3)29(21-22(28)2)26(30)25-16-14-24(19-27)15-17-25/h14-17,22-23H,4-13,18-21H2,1-3H3. The molecule has 0 bridgehead atoms. The molecule has 2 atom stereocenters. The summed E-state index contributed by atoms with van der Waals surface area (Å²) in [4.78, 5) is 17.6. The number of unbranched alkanes of at least 4 members (excludes halogenated alkanes) is 9. The molecule has 170 valence electrons. The van der Waals surface area contributed by atoms with Crippen LogP contribution in [0.1, 0.15) is 101 Å². The number of carbonyl (C=O) groups is 1. The Morgan fingerprint density at radius 1 is 0.867 bits per heavy atom. The third-order valence-electron chi connectivity index (χ3n) is 6.53. The summed E-state index contributed by atoms with van der Waals surface area (Å²) in [6.07, 6.45) is 13.8. The van der Waals surface area contributed by atoms with Gasteiger partial charge in [-0.1, -0.05) is 76.8 Å². The molecular formula is C26H43ClN2O.